The van der Waals surface area contributed by atoms with Crippen molar-refractivity contribution in [3.05, 3.63) is 0 Å². The summed E-state index contributed by atoms with van der Waals surface area (Å²) >= 11 is 0. The van der Waals surface area contributed by atoms with E-state index in [1.165, 1.54) is 64.3 Å². The van der Waals surface area contributed by atoms with Gasteiger partial charge in [-0.3, -0.25) is 4.90 Å². The zero-order valence-electron chi connectivity index (χ0n) is 11.0. The molecular weight excluding hydrogens is 198 g/mol. The third-order valence-electron chi connectivity index (χ3n) is 3.78. The molecule has 0 aromatic heterocycles. The molecule has 1 fully saturated rings. The van der Waals surface area contributed by atoms with Crippen LogP contribution in [0.25, 0.3) is 0 Å². The van der Waals surface area contributed by atoms with Crippen LogP contribution >= 0.6 is 0 Å². The molecule has 0 radical (unpaired) electrons. The first kappa shape index (κ1) is 14.0. The summed E-state index contributed by atoms with van der Waals surface area (Å²) in [5.74, 6) is 0. The van der Waals surface area contributed by atoms with Crippen LogP contribution in [0.4, 0.5) is 0 Å². The van der Waals surface area contributed by atoms with Crippen LogP contribution in [-0.4, -0.2) is 35.7 Å². The maximum atomic E-state index is 9.13. The lowest BCUT2D eigenvalue weighted by Crippen LogP contribution is -2.39. The van der Waals surface area contributed by atoms with Crippen LogP contribution in [0.1, 0.15) is 64.7 Å². The first-order valence-corrected chi connectivity index (χ1v) is 7.23. The lowest BCUT2D eigenvalue weighted by molar-refractivity contribution is 0.122. The zero-order valence-corrected chi connectivity index (χ0v) is 11.0. The molecular formula is C14H29NO. The predicted octanol–water partition coefficient (Wildman–Crippen LogP) is 3.19. The molecule has 96 valence electrons. The highest BCUT2D eigenvalue weighted by molar-refractivity contribution is 4.75. The van der Waals surface area contributed by atoms with Gasteiger partial charge in [-0.2, -0.15) is 0 Å². The highest BCUT2D eigenvalue weighted by atomic mass is 16.3. The van der Waals surface area contributed by atoms with Crippen molar-refractivity contribution in [1.29, 1.82) is 0 Å². The molecule has 0 heterocycles. The number of aliphatic hydroxyl groups excluding tert-OH is 1. The van der Waals surface area contributed by atoms with Crippen LogP contribution < -0.4 is 0 Å². The first-order valence-electron chi connectivity index (χ1n) is 7.23. The van der Waals surface area contributed by atoms with Crippen molar-refractivity contribution in [3.63, 3.8) is 0 Å². The zero-order chi connectivity index (χ0) is 11.6. The number of hydrogen-bond donors (Lipinski definition) is 1. The van der Waals surface area contributed by atoms with E-state index in [2.05, 4.69) is 11.8 Å². The number of nitrogens with zero attached hydrogens (tertiary/aromatic N) is 1. The van der Waals surface area contributed by atoms with E-state index < -0.39 is 0 Å². The monoisotopic (exact) mass is 227 g/mol. The maximum absolute atomic E-state index is 9.13. The third kappa shape index (κ3) is 5.31. The minimum absolute atomic E-state index is 0.324. The van der Waals surface area contributed by atoms with Gasteiger partial charge in [-0.25, -0.2) is 0 Å². The molecule has 1 aliphatic carbocycles. The van der Waals surface area contributed by atoms with Gasteiger partial charge in [-0.15, -0.1) is 0 Å². The van der Waals surface area contributed by atoms with Crippen molar-refractivity contribution in [2.24, 2.45) is 0 Å². The molecule has 0 bridgehead atoms. The van der Waals surface area contributed by atoms with Gasteiger partial charge in [0.25, 0.3) is 0 Å². The van der Waals surface area contributed by atoms with Crippen LogP contribution in [-0.2, 0) is 0 Å². The molecule has 2 heteroatoms. The minimum Gasteiger partial charge on any atom is -0.395 e. The highest BCUT2D eigenvalue weighted by Crippen LogP contribution is 2.22. The lowest BCUT2D eigenvalue weighted by Gasteiger charge is -2.34. The standard InChI is InChI=1S/C14H29NO/c1-2-3-4-8-11-15(12-13-16)14-9-6-5-7-10-14/h14,16H,2-13H2,1H3. The molecule has 0 saturated heterocycles. The van der Waals surface area contributed by atoms with Crippen LogP contribution in [0.5, 0.6) is 0 Å². The fraction of sp³-hybridized carbons (Fsp3) is 1.00. The van der Waals surface area contributed by atoms with Gasteiger partial charge in [0.15, 0.2) is 0 Å². The molecule has 0 unspecified atom stereocenters. The van der Waals surface area contributed by atoms with Crippen molar-refractivity contribution in [1.82, 2.24) is 4.90 Å². The van der Waals surface area contributed by atoms with Gasteiger partial charge in [0.05, 0.1) is 6.61 Å². The lowest BCUT2D eigenvalue weighted by atomic mass is 9.94. The topological polar surface area (TPSA) is 23.5 Å². The Hall–Kier alpha value is -0.0800. The molecule has 0 aromatic rings. The number of unbranched alkanes of at least 4 members (excludes halogenated alkanes) is 3. The van der Waals surface area contributed by atoms with Gasteiger partial charge in [0.1, 0.15) is 0 Å². The summed E-state index contributed by atoms with van der Waals surface area (Å²) in [4.78, 5) is 2.54. The van der Waals surface area contributed by atoms with Crippen molar-refractivity contribution in [2.75, 3.05) is 19.7 Å². The average Bonchev–Trinajstić information content (AvgIpc) is 2.34. The van der Waals surface area contributed by atoms with Crippen LogP contribution in [0, 0.1) is 0 Å². The minimum atomic E-state index is 0.324. The largest absolute Gasteiger partial charge is 0.395 e. The molecule has 1 N–H and O–H groups in total. The molecule has 0 atom stereocenters. The summed E-state index contributed by atoms with van der Waals surface area (Å²) in [5, 5.41) is 9.13. The molecule has 0 spiro atoms. The Labute approximate surface area is 101 Å². The van der Waals surface area contributed by atoms with E-state index in [1.807, 2.05) is 0 Å². The second kappa shape index (κ2) is 9.00. The summed E-state index contributed by atoms with van der Waals surface area (Å²) < 4.78 is 0. The summed E-state index contributed by atoms with van der Waals surface area (Å²) in [6, 6.07) is 0.766. The van der Waals surface area contributed by atoms with E-state index in [0.717, 1.165) is 12.6 Å². The van der Waals surface area contributed by atoms with E-state index in [1.54, 1.807) is 0 Å². The van der Waals surface area contributed by atoms with Crippen molar-refractivity contribution < 1.29 is 5.11 Å². The quantitative estimate of drug-likeness (QED) is 0.644. The second-order valence-corrected chi connectivity index (χ2v) is 5.11. The Morgan fingerprint density at radius 2 is 1.75 bits per heavy atom. The summed E-state index contributed by atoms with van der Waals surface area (Å²) in [6.07, 6.45) is 12.2. The third-order valence-corrected chi connectivity index (χ3v) is 3.78. The summed E-state index contributed by atoms with van der Waals surface area (Å²) in [6.45, 7) is 4.67. The fourth-order valence-corrected chi connectivity index (χ4v) is 2.79. The smallest absolute Gasteiger partial charge is 0.0558 e. The van der Waals surface area contributed by atoms with E-state index in [4.69, 9.17) is 5.11 Å². The van der Waals surface area contributed by atoms with Crippen LogP contribution in [0.2, 0.25) is 0 Å². The Balaban J connectivity index is 2.22. The normalized spacial score (nSPS) is 18.2. The van der Waals surface area contributed by atoms with E-state index >= 15 is 0 Å². The number of aliphatic hydroxyl groups is 1. The molecule has 0 amide bonds. The molecule has 2 nitrogen and oxygen atoms in total. The van der Waals surface area contributed by atoms with Crippen LogP contribution in [0.15, 0.2) is 0 Å². The van der Waals surface area contributed by atoms with Gasteiger partial charge >= 0.3 is 0 Å². The van der Waals surface area contributed by atoms with Gasteiger partial charge in [0.2, 0.25) is 0 Å². The van der Waals surface area contributed by atoms with E-state index in [0.29, 0.717) is 6.61 Å². The highest BCUT2D eigenvalue weighted by Gasteiger charge is 2.19. The summed E-state index contributed by atoms with van der Waals surface area (Å²) in [5.41, 5.74) is 0. The molecule has 1 rings (SSSR count). The molecule has 0 aromatic carbocycles. The number of hydrogen-bond acceptors (Lipinski definition) is 2. The average molecular weight is 227 g/mol. The molecule has 0 aliphatic heterocycles. The van der Waals surface area contributed by atoms with Gasteiger partial charge in [-0.05, 0) is 25.8 Å². The summed E-state index contributed by atoms with van der Waals surface area (Å²) in [7, 11) is 0. The van der Waals surface area contributed by atoms with Crippen LogP contribution in [0.3, 0.4) is 0 Å². The van der Waals surface area contributed by atoms with Gasteiger partial charge in [0, 0.05) is 12.6 Å². The fourth-order valence-electron chi connectivity index (χ4n) is 2.79. The Kier molecular flexibility index (Phi) is 7.87. The number of rotatable bonds is 8. The molecule has 1 aliphatic rings. The van der Waals surface area contributed by atoms with Gasteiger partial charge in [-0.1, -0.05) is 45.4 Å². The Bertz CT molecular complexity index is 155. The van der Waals surface area contributed by atoms with Gasteiger partial charge < -0.3 is 5.11 Å². The first-order chi connectivity index (χ1) is 7.88. The van der Waals surface area contributed by atoms with Crippen molar-refractivity contribution in [3.8, 4) is 0 Å². The SMILES string of the molecule is CCCCCCN(CCO)C1CCCCC1. The van der Waals surface area contributed by atoms with Crippen molar-refractivity contribution in [2.45, 2.75) is 70.8 Å². The second-order valence-electron chi connectivity index (χ2n) is 5.11. The molecule has 16 heavy (non-hydrogen) atoms. The Morgan fingerprint density at radius 1 is 1.00 bits per heavy atom. The van der Waals surface area contributed by atoms with E-state index in [-0.39, 0.29) is 0 Å². The predicted molar refractivity (Wildman–Crippen MR) is 69.7 cm³/mol. The van der Waals surface area contributed by atoms with Crippen molar-refractivity contribution >= 4 is 0 Å². The maximum Gasteiger partial charge on any atom is 0.0558 e. The van der Waals surface area contributed by atoms with E-state index in [9.17, 15) is 0 Å². The Morgan fingerprint density at radius 3 is 2.38 bits per heavy atom. The molecule has 1 saturated carbocycles.